The lowest BCUT2D eigenvalue weighted by atomic mass is 9.80. The lowest BCUT2D eigenvalue weighted by molar-refractivity contribution is 0.0755. The molecule has 1 aliphatic heterocycles. The molecule has 0 bridgehead atoms. The SMILES string of the molecule is C[C@@H]1CCN(C(C)(C)C)C[C@H]1c1ccc(F)cc1F. The summed E-state index contributed by atoms with van der Waals surface area (Å²) in [4.78, 5) is 2.39. The van der Waals surface area contributed by atoms with Crippen LogP contribution in [0.15, 0.2) is 18.2 Å². The zero-order valence-electron chi connectivity index (χ0n) is 12.2. The number of nitrogens with zero attached hydrogens (tertiary/aromatic N) is 1. The predicted octanol–water partition coefficient (Wildman–Crippen LogP) is 4.19. The molecule has 2 atom stereocenters. The molecule has 0 unspecified atom stereocenters. The fraction of sp³-hybridized carbons (Fsp3) is 0.625. The topological polar surface area (TPSA) is 3.24 Å². The van der Waals surface area contributed by atoms with E-state index in [0.717, 1.165) is 25.6 Å². The quantitative estimate of drug-likeness (QED) is 0.737. The Labute approximate surface area is 114 Å². The Morgan fingerprint density at radius 3 is 2.47 bits per heavy atom. The van der Waals surface area contributed by atoms with Gasteiger partial charge in [0.1, 0.15) is 11.6 Å². The van der Waals surface area contributed by atoms with Crippen LogP contribution in [0.1, 0.15) is 45.6 Å². The Hall–Kier alpha value is -0.960. The third kappa shape index (κ3) is 3.14. The van der Waals surface area contributed by atoms with E-state index in [1.807, 2.05) is 0 Å². The van der Waals surface area contributed by atoms with Crippen molar-refractivity contribution in [3.63, 3.8) is 0 Å². The molecule has 19 heavy (non-hydrogen) atoms. The van der Waals surface area contributed by atoms with Gasteiger partial charge in [-0.25, -0.2) is 8.78 Å². The molecule has 1 aromatic rings. The summed E-state index contributed by atoms with van der Waals surface area (Å²) < 4.78 is 27.0. The second kappa shape index (κ2) is 5.20. The van der Waals surface area contributed by atoms with Crippen molar-refractivity contribution in [2.75, 3.05) is 13.1 Å². The first kappa shape index (κ1) is 14.4. The van der Waals surface area contributed by atoms with Gasteiger partial charge in [-0.3, -0.25) is 4.90 Å². The number of rotatable bonds is 1. The maximum Gasteiger partial charge on any atom is 0.129 e. The summed E-state index contributed by atoms with van der Waals surface area (Å²) in [6.07, 6.45) is 1.05. The monoisotopic (exact) mass is 267 g/mol. The molecule has 1 aliphatic rings. The van der Waals surface area contributed by atoms with E-state index in [1.54, 1.807) is 6.07 Å². The maximum atomic E-state index is 14.0. The van der Waals surface area contributed by atoms with E-state index in [0.29, 0.717) is 11.5 Å². The van der Waals surface area contributed by atoms with Gasteiger partial charge in [0, 0.05) is 24.1 Å². The van der Waals surface area contributed by atoms with E-state index >= 15 is 0 Å². The highest BCUT2D eigenvalue weighted by Gasteiger charge is 2.33. The van der Waals surface area contributed by atoms with Gasteiger partial charge in [-0.2, -0.15) is 0 Å². The Morgan fingerprint density at radius 2 is 1.89 bits per heavy atom. The number of piperidine rings is 1. The van der Waals surface area contributed by atoms with Crippen LogP contribution in [0.5, 0.6) is 0 Å². The van der Waals surface area contributed by atoms with E-state index in [2.05, 4.69) is 32.6 Å². The van der Waals surface area contributed by atoms with Crippen LogP contribution in [0.2, 0.25) is 0 Å². The van der Waals surface area contributed by atoms with Crippen LogP contribution in [0, 0.1) is 17.6 Å². The Morgan fingerprint density at radius 1 is 1.21 bits per heavy atom. The molecule has 0 spiro atoms. The average molecular weight is 267 g/mol. The van der Waals surface area contributed by atoms with Crippen LogP contribution in [0.4, 0.5) is 8.78 Å². The predicted molar refractivity (Wildman–Crippen MR) is 74.2 cm³/mol. The van der Waals surface area contributed by atoms with Crippen molar-refractivity contribution in [3.8, 4) is 0 Å². The van der Waals surface area contributed by atoms with Crippen molar-refractivity contribution in [3.05, 3.63) is 35.4 Å². The largest absolute Gasteiger partial charge is 0.298 e. The first-order valence-electron chi connectivity index (χ1n) is 6.99. The van der Waals surface area contributed by atoms with Gasteiger partial charge in [-0.05, 0) is 51.3 Å². The molecule has 1 saturated heterocycles. The van der Waals surface area contributed by atoms with E-state index in [1.165, 1.54) is 6.07 Å². The first-order chi connectivity index (χ1) is 8.79. The number of likely N-dealkylation sites (tertiary alicyclic amines) is 1. The van der Waals surface area contributed by atoms with Gasteiger partial charge in [-0.1, -0.05) is 13.0 Å². The van der Waals surface area contributed by atoms with Gasteiger partial charge in [0.15, 0.2) is 0 Å². The molecule has 106 valence electrons. The third-order valence-electron chi connectivity index (χ3n) is 4.27. The lowest BCUT2D eigenvalue weighted by Gasteiger charge is -2.44. The molecular weight excluding hydrogens is 244 g/mol. The summed E-state index contributed by atoms with van der Waals surface area (Å²) in [5.41, 5.74) is 0.748. The minimum atomic E-state index is -0.502. The molecule has 0 N–H and O–H groups in total. The molecule has 0 aliphatic carbocycles. The highest BCUT2D eigenvalue weighted by atomic mass is 19.1. The number of benzene rings is 1. The Bertz CT molecular complexity index is 451. The van der Waals surface area contributed by atoms with E-state index in [4.69, 9.17) is 0 Å². The summed E-state index contributed by atoms with van der Waals surface area (Å²) in [7, 11) is 0. The molecule has 0 radical (unpaired) electrons. The molecular formula is C16H23F2N. The van der Waals surface area contributed by atoms with Crippen LogP contribution in [0.25, 0.3) is 0 Å². The summed E-state index contributed by atoms with van der Waals surface area (Å²) in [5, 5.41) is 0. The fourth-order valence-electron chi connectivity index (χ4n) is 2.89. The smallest absolute Gasteiger partial charge is 0.129 e. The molecule has 0 amide bonds. The van der Waals surface area contributed by atoms with Gasteiger partial charge in [0.05, 0.1) is 0 Å². The number of hydrogen-bond donors (Lipinski definition) is 0. The van der Waals surface area contributed by atoms with Gasteiger partial charge >= 0.3 is 0 Å². The molecule has 3 heteroatoms. The number of halogens is 2. The van der Waals surface area contributed by atoms with Crippen molar-refractivity contribution in [2.24, 2.45) is 5.92 Å². The average Bonchev–Trinajstić information content (AvgIpc) is 2.29. The molecule has 0 aromatic heterocycles. The second-order valence-corrected chi connectivity index (χ2v) is 6.66. The van der Waals surface area contributed by atoms with Gasteiger partial charge < -0.3 is 0 Å². The Kier molecular flexibility index (Phi) is 3.95. The van der Waals surface area contributed by atoms with Gasteiger partial charge in [0.25, 0.3) is 0 Å². The van der Waals surface area contributed by atoms with Crippen LogP contribution >= 0.6 is 0 Å². The highest BCUT2D eigenvalue weighted by molar-refractivity contribution is 5.24. The summed E-state index contributed by atoms with van der Waals surface area (Å²) >= 11 is 0. The summed E-state index contributed by atoms with van der Waals surface area (Å²) in [6, 6.07) is 3.97. The third-order valence-corrected chi connectivity index (χ3v) is 4.27. The standard InChI is InChI=1S/C16H23F2N/c1-11-7-8-19(16(2,3)4)10-14(11)13-6-5-12(17)9-15(13)18/h5-6,9,11,14H,7-8,10H2,1-4H3/t11-,14-/m1/s1. The minimum Gasteiger partial charge on any atom is -0.298 e. The fourth-order valence-corrected chi connectivity index (χ4v) is 2.89. The summed E-state index contributed by atoms with van der Waals surface area (Å²) in [6.45, 7) is 10.6. The molecule has 1 heterocycles. The van der Waals surface area contributed by atoms with Crippen LogP contribution < -0.4 is 0 Å². The molecule has 0 saturated carbocycles. The lowest BCUT2D eigenvalue weighted by Crippen LogP contribution is -2.48. The summed E-state index contributed by atoms with van der Waals surface area (Å²) in [5.74, 6) is -0.336. The maximum absolute atomic E-state index is 14.0. The van der Waals surface area contributed by atoms with Gasteiger partial charge in [0.2, 0.25) is 0 Å². The zero-order chi connectivity index (χ0) is 14.2. The first-order valence-corrected chi connectivity index (χ1v) is 6.99. The molecule has 1 nitrogen and oxygen atoms in total. The Balaban J connectivity index is 2.26. The van der Waals surface area contributed by atoms with Crippen LogP contribution in [-0.4, -0.2) is 23.5 Å². The zero-order valence-corrected chi connectivity index (χ0v) is 12.2. The normalized spacial score (nSPS) is 25.6. The van der Waals surface area contributed by atoms with Crippen molar-refractivity contribution in [1.82, 2.24) is 4.90 Å². The molecule has 2 rings (SSSR count). The van der Waals surface area contributed by atoms with Crippen molar-refractivity contribution >= 4 is 0 Å². The van der Waals surface area contributed by atoms with Crippen molar-refractivity contribution in [2.45, 2.75) is 45.6 Å². The van der Waals surface area contributed by atoms with E-state index in [9.17, 15) is 8.78 Å². The van der Waals surface area contributed by atoms with Crippen molar-refractivity contribution < 1.29 is 8.78 Å². The van der Waals surface area contributed by atoms with Crippen LogP contribution in [-0.2, 0) is 0 Å². The molecule has 1 fully saturated rings. The van der Waals surface area contributed by atoms with Crippen molar-refractivity contribution in [1.29, 1.82) is 0 Å². The van der Waals surface area contributed by atoms with E-state index in [-0.39, 0.29) is 11.5 Å². The van der Waals surface area contributed by atoms with Gasteiger partial charge in [-0.15, -0.1) is 0 Å². The number of hydrogen-bond acceptors (Lipinski definition) is 1. The highest BCUT2D eigenvalue weighted by Crippen LogP contribution is 2.36. The minimum absolute atomic E-state index is 0.0922. The van der Waals surface area contributed by atoms with Crippen LogP contribution in [0.3, 0.4) is 0 Å². The molecule has 1 aromatic carbocycles. The second-order valence-electron chi connectivity index (χ2n) is 6.66. The van der Waals surface area contributed by atoms with E-state index < -0.39 is 11.6 Å².